The summed E-state index contributed by atoms with van der Waals surface area (Å²) in [5.41, 5.74) is 2.33. The topological polar surface area (TPSA) is 61.8 Å². The minimum atomic E-state index is -0.115. The quantitative estimate of drug-likeness (QED) is 0.814. The second kappa shape index (κ2) is 7.31. The number of aliphatic hydroxyl groups is 1. The van der Waals surface area contributed by atoms with E-state index in [2.05, 4.69) is 11.4 Å². The molecule has 2 N–H and O–H groups in total. The van der Waals surface area contributed by atoms with E-state index in [-0.39, 0.29) is 18.7 Å². The Hall–Kier alpha value is -1.75. The second-order valence-electron chi connectivity index (χ2n) is 5.58. The number of ether oxygens (including phenoxy) is 1. The van der Waals surface area contributed by atoms with Gasteiger partial charge in [0.05, 0.1) is 19.2 Å². The Morgan fingerprint density at radius 3 is 2.76 bits per heavy atom. The summed E-state index contributed by atoms with van der Waals surface area (Å²) in [5.74, 6) is 0.830. The number of hydrogen-bond acceptors (Lipinski definition) is 3. The first-order chi connectivity index (χ1) is 10.1. The van der Waals surface area contributed by atoms with Crippen LogP contribution in [0.25, 0.3) is 0 Å². The van der Waals surface area contributed by atoms with Crippen molar-refractivity contribution in [1.29, 1.82) is 0 Å². The Morgan fingerprint density at radius 1 is 1.38 bits per heavy atom. The highest BCUT2D eigenvalue weighted by Crippen LogP contribution is 2.17. The van der Waals surface area contributed by atoms with Gasteiger partial charge in [-0.1, -0.05) is 6.07 Å². The number of amides is 2. The lowest BCUT2D eigenvalue weighted by molar-refractivity contribution is 0.156. The molecule has 1 saturated heterocycles. The Morgan fingerprint density at radius 2 is 2.10 bits per heavy atom. The fourth-order valence-corrected chi connectivity index (χ4v) is 2.74. The van der Waals surface area contributed by atoms with E-state index in [1.54, 1.807) is 4.90 Å². The third-order valence-electron chi connectivity index (χ3n) is 3.69. The van der Waals surface area contributed by atoms with Crippen molar-refractivity contribution in [1.82, 2.24) is 10.2 Å². The standard InChI is InChI=1S/C16H24N2O3/c1-12-8-13(2)10-15(9-12)21-7-5-17-16(20)18-6-3-4-14(18)11-19/h8-10,14,19H,3-7,11H2,1-2H3,(H,17,20)/t14-/m0/s1. The maximum atomic E-state index is 12.0. The van der Waals surface area contributed by atoms with Crippen molar-refractivity contribution in [2.24, 2.45) is 0 Å². The van der Waals surface area contributed by atoms with Crippen LogP contribution in [0.5, 0.6) is 5.75 Å². The highest BCUT2D eigenvalue weighted by Gasteiger charge is 2.27. The Labute approximate surface area is 125 Å². The summed E-state index contributed by atoms with van der Waals surface area (Å²) in [5, 5.41) is 12.1. The zero-order valence-corrected chi connectivity index (χ0v) is 12.8. The number of carbonyl (C=O) groups is 1. The molecule has 1 aromatic carbocycles. The molecule has 5 nitrogen and oxygen atoms in total. The van der Waals surface area contributed by atoms with E-state index in [0.29, 0.717) is 13.2 Å². The molecule has 0 spiro atoms. The second-order valence-corrected chi connectivity index (χ2v) is 5.58. The van der Waals surface area contributed by atoms with Crippen molar-refractivity contribution in [3.8, 4) is 5.75 Å². The Balaban J connectivity index is 1.73. The number of rotatable bonds is 5. The third-order valence-corrected chi connectivity index (χ3v) is 3.69. The number of nitrogens with zero attached hydrogens (tertiary/aromatic N) is 1. The maximum absolute atomic E-state index is 12.0. The molecule has 1 heterocycles. The van der Waals surface area contributed by atoms with Crippen LogP contribution in [0.2, 0.25) is 0 Å². The van der Waals surface area contributed by atoms with Gasteiger partial charge in [0.2, 0.25) is 0 Å². The molecule has 0 aromatic heterocycles. The van der Waals surface area contributed by atoms with Gasteiger partial charge in [0.1, 0.15) is 12.4 Å². The predicted octanol–water partition coefficient (Wildman–Crippen LogP) is 1.85. The molecule has 1 fully saturated rings. The van der Waals surface area contributed by atoms with E-state index in [1.165, 1.54) is 0 Å². The molecule has 0 bridgehead atoms. The molecule has 2 rings (SSSR count). The number of likely N-dealkylation sites (tertiary alicyclic amines) is 1. The van der Waals surface area contributed by atoms with Crippen LogP contribution in [0.1, 0.15) is 24.0 Å². The number of carbonyl (C=O) groups excluding carboxylic acids is 1. The van der Waals surface area contributed by atoms with Gasteiger partial charge in [-0.05, 0) is 49.9 Å². The van der Waals surface area contributed by atoms with Gasteiger partial charge in [0.25, 0.3) is 0 Å². The summed E-state index contributed by atoms with van der Waals surface area (Å²) in [4.78, 5) is 13.7. The first-order valence-electron chi connectivity index (χ1n) is 7.46. The molecular formula is C16H24N2O3. The van der Waals surface area contributed by atoms with Gasteiger partial charge in [0.15, 0.2) is 0 Å². The minimum Gasteiger partial charge on any atom is -0.492 e. The van der Waals surface area contributed by atoms with E-state index in [9.17, 15) is 9.90 Å². The summed E-state index contributed by atoms with van der Waals surface area (Å²) >= 11 is 0. The van der Waals surface area contributed by atoms with Crippen LogP contribution in [0.3, 0.4) is 0 Å². The van der Waals surface area contributed by atoms with Crippen LogP contribution in [0, 0.1) is 13.8 Å². The molecule has 0 aliphatic carbocycles. The fraction of sp³-hybridized carbons (Fsp3) is 0.562. The van der Waals surface area contributed by atoms with Crippen molar-refractivity contribution in [3.05, 3.63) is 29.3 Å². The summed E-state index contributed by atoms with van der Waals surface area (Å²) in [7, 11) is 0. The van der Waals surface area contributed by atoms with Crippen LogP contribution in [0.4, 0.5) is 4.79 Å². The molecule has 2 amide bonds. The zero-order chi connectivity index (χ0) is 15.2. The molecule has 21 heavy (non-hydrogen) atoms. The van der Waals surface area contributed by atoms with Gasteiger partial charge in [-0.25, -0.2) is 4.79 Å². The molecule has 1 aliphatic heterocycles. The Bertz CT molecular complexity index is 470. The van der Waals surface area contributed by atoms with Gasteiger partial charge in [0, 0.05) is 6.54 Å². The van der Waals surface area contributed by atoms with Gasteiger partial charge in [-0.2, -0.15) is 0 Å². The SMILES string of the molecule is Cc1cc(C)cc(OCCNC(=O)N2CCC[C@H]2CO)c1. The summed E-state index contributed by atoms with van der Waals surface area (Å²) in [6.07, 6.45) is 1.83. The van der Waals surface area contributed by atoms with Crippen molar-refractivity contribution in [2.75, 3.05) is 26.3 Å². The van der Waals surface area contributed by atoms with Crippen molar-refractivity contribution in [3.63, 3.8) is 0 Å². The summed E-state index contributed by atoms with van der Waals surface area (Å²) in [6, 6.07) is 5.91. The van der Waals surface area contributed by atoms with E-state index in [0.717, 1.165) is 36.3 Å². The van der Waals surface area contributed by atoms with Crippen LogP contribution < -0.4 is 10.1 Å². The number of benzene rings is 1. The van der Waals surface area contributed by atoms with Crippen LogP contribution >= 0.6 is 0 Å². The number of nitrogens with one attached hydrogen (secondary N) is 1. The van der Waals surface area contributed by atoms with Crippen molar-refractivity contribution < 1.29 is 14.6 Å². The molecule has 1 aromatic rings. The van der Waals surface area contributed by atoms with Crippen molar-refractivity contribution >= 4 is 6.03 Å². The van der Waals surface area contributed by atoms with Crippen LogP contribution in [-0.4, -0.2) is 48.4 Å². The van der Waals surface area contributed by atoms with Crippen molar-refractivity contribution in [2.45, 2.75) is 32.7 Å². The van der Waals surface area contributed by atoms with E-state index in [4.69, 9.17) is 4.74 Å². The van der Waals surface area contributed by atoms with Gasteiger partial charge in [-0.3, -0.25) is 0 Å². The lowest BCUT2D eigenvalue weighted by Crippen LogP contribution is -2.45. The third kappa shape index (κ3) is 4.36. The molecule has 0 unspecified atom stereocenters. The van der Waals surface area contributed by atoms with E-state index in [1.807, 2.05) is 26.0 Å². The largest absolute Gasteiger partial charge is 0.492 e. The monoisotopic (exact) mass is 292 g/mol. The molecule has 116 valence electrons. The highest BCUT2D eigenvalue weighted by atomic mass is 16.5. The van der Waals surface area contributed by atoms with Gasteiger partial charge < -0.3 is 20.1 Å². The van der Waals surface area contributed by atoms with E-state index < -0.39 is 0 Å². The van der Waals surface area contributed by atoms with E-state index >= 15 is 0 Å². The lowest BCUT2D eigenvalue weighted by Gasteiger charge is -2.23. The molecule has 1 atom stereocenters. The fourth-order valence-electron chi connectivity index (χ4n) is 2.74. The van der Waals surface area contributed by atoms with Gasteiger partial charge in [-0.15, -0.1) is 0 Å². The normalized spacial score (nSPS) is 17.9. The molecule has 0 saturated carbocycles. The lowest BCUT2D eigenvalue weighted by atomic mass is 10.1. The number of hydrogen-bond donors (Lipinski definition) is 2. The van der Waals surface area contributed by atoms with Crippen LogP contribution in [-0.2, 0) is 0 Å². The first-order valence-corrected chi connectivity index (χ1v) is 7.46. The highest BCUT2D eigenvalue weighted by molar-refractivity contribution is 5.74. The average molecular weight is 292 g/mol. The smallest absolute Gasteiger partial charge is 0.317 e. The van der Waals surface area contributed by atoms with Gasteiger partial charge >= 0.3 is 6.03 Å². The summed E-state index contributed by atoms with van der Waals surface area (Å²) < 4.78 is 5.65. The maximum Gasteiger partial charge on any atom is 0.317 e. The van der Waals surface area contributed by atoms with Crippen LogP contribution in [0.15, 0.2) is 18.2 Å². The molecular weight excluding hydrogens is 268 g/mol. The molecule has 5 heteroatoms. The predicted molar refractivity (Wildman–Crippen MR) is 81.6 cm³/mol. The number of aliphatic hydroxyl groups excluding tert-OH is 1. The number of urea groups is 1. The minimum absolute atomic E-state index is 0.0342. The zero-order valence-electron chi connectivity index (χ0n) is 12.8. The average Bonchev–Trinajstić information content (AvgIpc) is 2.90. The molecule has 1 aliphatic rings. The number of aryl methyl sites for hydroxylation is 2. The first kappa shape index (κ1) is 15.6. The summed E-state index contributed by atoms with van der Waals surface area (Å²) in [6.45, 7) is 5.71. The molecule has 0 radical (unpaired) electrons. The Kier molecular flexibility index (Phi) is 5.44.